The minimum absolute atomic E-state index is 0.00885. The van der Waals surface area contributed by atoms with Gasteiger partial charge in [0.1, 0.15) is 11.5 Å². The number of likely N-dealkylation sites (tertiary alicyclic amines) is 2. The molecule has 2 fully saturated rings. The number of halogens is 1. The summed E-state index contributed by atoms with van der Waals surface area (Å²) in [5.41, 5.74) is 1.03. The van der Waals surface area contributed by atoms with Gasteiger partial charge in [0, 0.05) is 51.9 Å². The van der Waals surface area contributed by atoms with Gasteiger partial charge in [-0.2, -0.15) is 0 Å². The number of nitrogens with zero attached hydrogens (tertiary/aromatic N) is 5. The molecule has 2 saturated heterocycles. The van der Waals surface area contributed by atoms with Crippen LogP contribution < -0.4 is 5.32 Å². The Balaban J connectivity index is 1.15. The van der Waals surface area contributed by atoms with E-state index >= 15 is 0 Å². The fraction of sp³-hybridized carbons (Fsp3) is 0.458. The van der Waals surface area contributed by atoms with Crippen molar-refractivity contribution in [1.82, 2.24) is 24.3 Å². The van der Waals surface area contributed by atoms with Crippen molar-refractivity contribution in [2.45, 2.75) is 13.1 Å². The molecule has 0 unspecified atom stereocenters. The molecule has 33 heavy (non-hydrogen) atoms. The van der Waals surface area contributed by atoms with E-state index < -0.39 is 0 Å². The van der Waals surface area contributed by atoms with E-state index in [9.17, 15) is 9.59 Å². The molecule has 9 heteroatoms. The Morgan fingerprint density at radius 2 is 1.91 bits per heavy atom. The first-order valence-corrected chi connectivity index (χ1v) is 11.8. The molecule has 1 N–H and O–H groups in total. The first-order chi connectivity index (χ1) is 16.0. The van der Waals surface area contributed by atoms with Gasteiger partial charge in [-0.15, -0.1) is 0 Å². The second kappa shape index (κ2) is 9.29. The van der Waals surface area contributed by atoms with E-state index in [1.54, 1.807) is 29.3 Å². The van der Waals surface area contributed by atoms with Crippen LogP contribution in [0.25, 0.3) is 0 Å². The first-order valence-electron chi connectivity index (χ1n) is 11.4. The maximum atomic E-state index is 12.7. The average Bonchev–Trinajstić information content (AvgIpc) is 3.47. The van der Waals surface area contributed by atoms with Crippen LogP contribution in [-0.2, 0) is 17.9 Å². The van der Waals surface area contributed by atoms with E-state index in [-0.39, 0.29) is 11.8 Å². The number of amides is 2. The number of aromatic nitrogens is 2. The molecule has 3 aliphatic rings. The summed E-state index contributed by atoms with van der Waals surface area (Å²) >= 11 is 6.15. The Bertz CT molecular complexity index is 1070. The Hall–Kier alpha value is -2.68. The van der Waals surface area contributed by atoms with Gasteiger partial charge in [-0.05, 0) is 31.0 Å². The molecule has 8 nitrogen and oxygen atoms in total. The molecule has 0 aliphatic carbocycles. The van der Waals surface area contributed by atoms with E-state index in [0.717, 1.165) is 31.5 Å². The van der Waals surface area contributed by atoms with Gasteiger partial charge >= 0.3 is 0 Å². The van der Waals surface area contributed by atoms with Crippen molar-refractivity contribution in [3.8, 4) is 0 Å². The van der Waals surface area contributed by atoms with Crippen molar-refractivity contribution in [3.05, 3.63) is 59.2 Å². The number of benzene rings is 1. The first kappa shape index (κ1) is 22.1. The van der Waals surface area contributed by atoms with Crippen LogP contribution in [0.15, 0.2) is 42.6 Å². The lowest BCUT2D eigenvalue weighted by Gasteiger charge is -2.27. The van der Waals surface area contributed by atoms with Crippen molar-refractivity contribution in [3.63, 3.8) is 0 Å². The summed E-state index contributed by atoms with van der Waals surface area (Å²) in [6.07, 6.45) is 5.23. The highest BCUT2D eigenvalue weighted by molar-refractivity contribution is 6.33. The number of hydrogen-bond acceptors (Lipinski definition) is 5. The van der Waals surface area contributed by atoms with Crippen LogP contribution in [0.1, 0.15) is 16.3 Å². The normalized spacial score (nSPS) is 23.2. The van der Waals surface area contributed by atoms with Gasteiger partial charge in [0.05, 0.1) is 23.5 Å². The van der Waals surface area contributed by atoms with Gasteiger partial charge in [0.2, 0.25) is 5.91 Å². The zero-order valence-electron chi connectivity index (χ0n) is 18.8. The second-order valence-electron chi connectivity index (χ2n) is 9.27. The fourth-order valence-corrected chi connectivity index (χ4v) is 5.44. The van der Waals surface area contributed by atoms with Crippen molar-refractivity contribution in [2.75, 3.05) is 51.6 Å². The highest BCUT2D eigenvalue weighted by atomic mass is 35.5. The molecule has 0 spiro atoms. The summed E-state index contributed by atoms with van der Waals surface area (Å²) < 4.78 is 1.87. The zero-order chi connectivity index (χ0) is 22.9. The quantitative estimate of drug-likeness (QED) is 0.681. The van der Waals surface area contributed by atoms with Gasteiger partial charge < -0.3 is 19.7 Å². The molecule has 2 amide bonds. The number of nitrogens with one attached hydrogen (secondary N) is 1. The monoisotopic (exact) mass is 468 g/mol. The standard InChI is InChI=1S/C24H29ClN6O2/c1-28-12-17-14-29(15-18(17)13-28)8-4-7-23(32)30-9-10-31-21(11-26-22(31)16-30)24(33)27-20-6-3-2-5-19(20)25/h2-7,11,17-18H,8-10,12-16H2,1H3,(H,27,33)/b7-4+/t17-,18+. The van der Waals surface area contributed by atoms with Crippen LogP contribution in [0.5, 0.6) is 0 Å². The molecule has 0 saturated carbocycles. The van der Waals surface area contributed by atoms with Crippen molar-refractivity contribution in [2.24, 2.45) is 11.8 Å². The molecular formula is C24H29ClN6O2. The highest BCUT2D eigenvalue weighted by Crippen LogP contribution is 2.29. The third kappa shape index (κ3) is 4.69. The van der Waals surface area contributed by atoms with Crippen molar-refractivity contribution >= 4 is 29.1 Å². The molecule has 3 aliphatic heterocycles. The number of anilines is 1. The Morgan fingerprint density at radius 3 is 2.67 bits per heavy atom. The summed E-state index contributed by atoms with van der Waals surface area (Å²) in [6, 6.07) is 7.12. The number of rotatable bonds is 5. The molecule has 1 aromatic heterocycles. The van der Waals surface area contributed by atoms with Crippen LogP contribution in [0.4, 0.5) is 5.69 Å². The summed E-state index contributed by atoms with van der Waals surface area (Å²) in [7, 11) is 2.19. The molecule has 0 radical (unpaired) electrons. The van der Waals surface area contributed by atoms with E-state index in [0.29, 0.717) is 41.9 Å². The largest absolute Gasteiger partial charge is 0.330 e. The number of para-hydroxylation sites is 1. The molecule has 5 rings (SSSR count). The van der Waals surface area contributed by atoms with Gasteiger partial charge in [-0.25, -0.2) is 4.98 Å². The summed E-state index contributed by atoms with van der Waals surface area (Å²) in [4.78, 5) is 36.5. The molecule has 174 valence electrons. The SMILES string of the molecule is CN1C[C@@H]2CN(C/C=C/C(=O)N3CCn4c(C(=O)Nc5ccccc5Cl)cnc4C3)C[C@@H]2C1. The molecule has 2 aromatic rings. The Morgan fingerprint density at radius 1 is 1.15 bits per heavy atom. The smallest absolute Gasteiger partial charge is 0.273 e. The molecule has 0 bridgehead atoms. The zero-order valence-corrected chi connectivity index (χ0v) is 19.5. The summed E-state index contributed by atoms with van der Waals surface area (Å²) in [6.45, 7) is 6.88. The fourth-order valence-electron chi connectivity index (χ4n) is 5.26. The third-order valence-corrected chi connectivity index (χ3v) is 7.23. The topological polar surface area (TPSA) is 73.7 Å². The highest BCUT2D eigenvalue weighted by Gasteiger charge is 2.38. The van der Waals surface area contributed by atoms with Gasteiger partial charge in [0.25, 0.3) is 5.91 Å². The van der Waals surface area contributed by atoms with Gasteiger partial charge in [-0.3, -0.25) is 14.5 Å². The summed E-state index contributed by atoms with van der Waals surface area (Å²) in [5.74, 6) is 1.98. The molecule has 2 atom stereocenters. The van der Waals surface area contributed by atoms with Crippen molar-refractivity contribution in [1.29, 1.82) is 0 Å². The Kier molecular flexibility index (Phi) is 6.23. The van der Waals surface area contributed by atoms with Crippen LogP contribution in [0.3, 0.4) is 0 Å². The minimum Gasteiger partial charge on any atom is -0.330 e. The van der Waals surface area contributed by atoms with E-state index in [1.807, 2.05) is 22.8 Å². The number of hydrogen-bond donors (Lipinski definition) is 1. The van der Waals surface area contributed by atoms with E-state index in [2.05, 4.69) is 27.1 Å². The van der Waals surface area contributed by atoms with E-state index in [4.69, 9.17) is 11.6 Å². The van der Waals surface area contributed by atoms with Crippen LogP contribution >= 0.6 is 11.6 Å². The summed E-state index contributed by atoms with van der Waals surface area (Å²) in [5, 5.41) is 3.32. The molecule has 4 heterocycles. The van der Waals surface area contributed by atoms with Crippen LogP contribution in [-0.4, -0.2) is 82.4 Å². The Labute approximate surface area is 198 Å². The van der Waals surface area contributed by atoms with Gasteiger partial charge in [0.15, 0.2) is 0 Å². The van der Waals surface area contributed by atoms with Crippen LogP contribution in [0.2, 0.25) is 5.02 Å². The third-order valence-electron chi connectivity index (χ3n) is 6.90. The maximum Gasteiger partial charge on any atom is 0.273 e. The lowest BCUT2D eigenvalue weighted by Crippen LogP contribution is -2.38. The lowest BCUT2D eigenvalue weighted by molar-refractivity contribution is -0.127. The van der Waals surface area contributed by atoms with Crippen LogP contribution in [0, 0.1) is 11.8 Å². The second-order valence-corrected chi connectivity index (χ2v) is 9.67. The van der Waals surface area contributed by atoms with Crippen molar-refractivity contribution < 1.29 is 9.59 Å². The lowest BCUT2D eigenvalue weighted by atomic mass is 10.0. The number of carbonyl (C=O) groups excluding carboxylic acids is 2. The predicted octanol–water partition coefficient (Wildman–Crippen LogP) is 2.18. The number of carbonyl (C=O) groups is 2. The van der Waals surface area contributed by atoms with Gasteiger partial charge in [-0.1, -0.05) is 29.8 Å². The minimum atomic E-state index is -0.261. The number of imidazole rings is 1. The number of fused-ring (bicyclic) bond motifs is 2. The van der Waals surface area contributed by atoms with E-state index in [1.165, 1.54) is 13.1 Å². The molecule has 1 aromatic carbocycles. The molecular weight excluding hydrogens is 440 g/mol. The average molecular weight is 469 g/mol. The maximum absolute atomic E-state index is 12.7. The predicted molar refractivity (Wildman–Crippen MR) is 127 cm³/mol.